The van der Waals surface area contributed by atoms with E-state index >= 15 is 0 Å². The van der Waals surface area contributed by atoms with E-state index in [2.05, 4.69) is 31.3 Å². The van der Waals surface area contributed by atoms with E-state index in [4.69, 9.17) is 0 Å². The second-order valence-electron chi connectivity index (χ2n) is 4.80. The van der Waals surface area contributed by atoms with Crippen LogP contribution < -0.4 is 10.2 Å². The minimum atomic E-state index is 0.801. The lowest BCUT2D eigenvalue weighted by Gasteiger charge is -2.28. The van der Waals surface area contributed by atoms with E-state index in [9.17, 15) is 0 Å². The maximum atomic E-state index is 4.55. The van der Waals surface area contributed by atoms with Crippen LogP contribution in [0, 0.1) is 6.92 Å². The second kappa shape index (κ2) is 4.97. The van der Waals surface area contributed by atoms with Crippen molar-refractivity contribution in [3.8, 4) is 11.3 Å². The SMILES string of the molecule is Cc1nc(-c2cnn(C)c2)cc(N2CCNCC2)n1. The van der Waals surface area contributed by atoms with Gasteiger partial charge in [-0.3, -0.25) is 4.68 Å². The Hall–Kier alpha value is -1.95. The molecule has 2 aromatic heterocycles. The zero-order valence-electron chi connectivity index (χ0n) is 11.3. The molecule has 1 saturated heterocycles. The number of nitrogens with zero attached hydrogens (tertiary/aromatic N) is 5. The molecule has 1 fully saturated rings. The average molecular weight is 258 g/mol. The van der Waals surface area contributed by atoms with Crippen LogP contribution in [0.25, 0.3) is 11.3 Å². The van der Waals surface area contributed by atoms with Gasteiger partial charge in [-0.15, -0.1) is 0 Å². The van der Waals surface area contributed by atoms with E-state index in [0.717, 1.165) is 49.1 Å². The predicted molar refractivity (Wildman–Crippen MR) is 74.1 cm³/mol. The molecule has 1 aliphatic heterocycles. The molecule has 6 nitrogen and oxygen atoms in total. The van der Waals surface area contributed by atoms with Crippen LogP contribution in [0.3, 0.4) is 0 Å². The fraction of sp³-hybridized carbons (Fsp3) is 0.462. The van der Waals surface area contributed by atoms with Gasteiger partial charge in [0.15, 0.2) is 0 Å². The highest BCUT2D eigenvalue weighted by Crippen LogP contribution is 2.21. The average Bonchev–Trinajstić information content (AvgIpc) is 2.86. The fourth-order valence-corrected chi connectivity index (χ4v) is 2.31. The Labute approximate surface area is 112 Å². The quantitative estimate of drug-likeness (QED) is 0.854. The lowest BCUT2D eigenvalue weighted by Crippen LogP contribution is -2.44. The third-order valence-corrected chi connectivity index (χ3v) is 3.27. The van der Waals surface area contributed by atoms with Gasteiger partial charge < -0.3 is 10.2 Å². The molecule has 0 saturated carbocycles. The summed E-state index contributed by atoms with van der Waals surface area (Å²) in [6.07, 6.45) is 3.81. The van der Waals surface area contributed by atoms with Crippen LogP contribution in [0.1, 0.15) is 5.82 Å². The molecule has 0 spiro atoms. The smallest absolute Gasteiger partial charge is 0.132 e. The van der Waals surface area contributed by atoms with Gasteiger partial charge in [-0.25, -0.2) is 9.97 Å². The van der Waals surface area contributed by atoms with E-state index < -0.39 is 0 Å². The topological polar surface area (TPSA) is 58.9 Å². The molecular formula is C13H18N6. The van der Waals surface area contributed by atoms with Crippen molar-refractivity contribution < 1.29 is 0 Å². The predicted octanol–water partition coefficient (Wildman–Crippen LogP) is 0.595. The molecule has 0 radical (unpaired) electrons. The van der Waals surface area contributed by atoms with Gasteiger partial charge in [-0.2, -0.15) is 5.10 Å². The van der Waals surface area contributed by atoms with E-state index in [0.29, 0.717) is 0 Å². The maximum absolute atomic E-state index is 4.55. The van der Waals surface area contributed by atoms with Crippen LogP contribution in [0.4, 0.5) is 5.82 Å². The molecule has 0 atom stereocenters. The van der Waals surface area contributed by atoms with Crippen molar-refractivity contribution in [3.63, 3.8) is 0 Å². The van der Waals surface area contributed by atoms with Gasteiger partial charge in [0.1, 0.15) is 11.6 Å². The van der Waals surface area contributed by atoms with Crippen LogP contribution in [-0.4, -0.2) is 45.9 Å². The number of piperazine rings is 1. The number of nitrogens with one attached hydrogen (secondary N) is 1. The monoisotopic (exact) mass is 258 g/mol. The lowest BCUT2D eigenvalue weighted by molar-refractivity contribution is 0.584. The van der Waals surface area contributed by atoms with Crippen LogP contribution in [-0.2, 0) is 7.05 Å². The zero-order valence-corrected chi connectivity index (χ0v) is 11.3. The highest BCUT2D eigenvalue weighted by atomic mass is 15.2. The zero-order chi connectivity index (χ0) is 13.2. The molecule has 0 amide bonds. The first-order chi connectivity index (χ1) is 9.22. The Balaban J connectivity index is 1.95. The molecule has 0 aromatic carbocycles. The number of hydrogen-bond donors (Lipinski definition) is 1. The van der Waals surface area contributed by atoms with Gasteiger partial charge in [0, 0.05) is 51.1 Å². The fourth-order valence-electron chi connectivity index (χ4n) is 2.31. The summed E-state index contributed by atoms with van der Waals surface area (Å²) in [5.41, 5.74) is 1.97. The van der Waals surface area contributed by atoms with Gasteiger partial charge in [-0.05, 0) is 6.92 Å². The molecule has 0 unspecified atom stereocenters. The summed E-state index contributed by atoms with van der Waals surface area (Å²) in [6, 6.07) is 2.05. The Morgan fingerprint density at radius 1 is 1.21 bits per heavy atom. The molecule has 2 aromatic rings. The maximum Gasteiger partial charge on any atom is 0.132 e. The summed E-state index contributed by atoms with van der Waals surface area (Å²) in [5.74, 6) is 1.81. The standard InChI is InChI=1S/C13H18N6/c1-10-16-12(11-8-15-18(2)9-11)7-13(17-10)19-5-3-14-4-6-19/h7-9,14H,3-6H2,1-2H3. The highest BCUT2D eigenvalue weighted by Gasteiger charge is 2.14. The van der Waals surface area contributed by atoms with E-state index in [1.54, 1.807) is 4.68 Å². The molecule has 3 rings (SSSR count). The third kappa shape index (κ3) is 2.58. The van der Waals surface area contributed by atoms with Crippen molar-refractivity contribution >= 4 is 5.82 Å². The largest absolute Gasteiger partial charge is 0.354 e. The Morgan fingerprint density at radius 3 is 2.68 bits per heavy atom. The number of hydrogen-bond acceptors (Lipinski definition) is 5. The van der Waals surface area contributed by atoms with Gasteiger partial charge in [0.25, 0.3) is 0 Å². The summed E-state index contributed by atoms with van der Waals surface area (Å²) >= 11 is 0. The van der Waals surface area contributed by atoms with E-state index in [-0.39, 0.29) is 0 Å². The van der Waals surface area contributed by atoms with Gasteiger partial charge in [0.2, 0.25) is 0 Å². The minimum absolute atomic E-state index is 0.801. The Morgan fingerprint density at radius 2 is 2.00 bits per heavy atom. The molecule has 100 valence electrons. The number of aromatic nitrogens is 4. The Bertz CT molecular complexity index is 570. The van der Waals surface area contributed by atoms with Crippen molar-refractivity contribution in [2.24, 2.45) is 7.05 Å². The summed E-state index contributed by atoms with van der Waals surface area (Å²) in [6.45, 7) is 5.92. The van der Waals surface area contributed by atoms with Gasteiger partial charge in [0.05, 0.1) is 11.9 Å². The summed E-state index contributed by atoms with van der Waals surface area (Å²) < 4.78 is 1.79. The molecule has 1 N–H and O–H groups in total. The molecule has 0 aliphatic carbocycles. The molecule has 6 heteroatoms. The van der Waals surface area contributed by atoms with Crippen molar-refractivity contribution in [2.75, 3.05) is 31.1 Å². The molecule has 1 aliphatic rings. The third-order valence-electron chi connectivity index (χ3n) is 3.27. The van der Waals surface area contributed by atoms with Crippen LogP contribution in [0.5, 0.6) is 0 Å². The summed E-state index contributed by atoms with van der Waals surface area (Å²) in [5, 5.41) is 7.55. The summed E-state index contributed by atoms with van der Waals surface area (Å²) in [7, 11) is 1.91. The van der Waals surface area contributed by atoms with Gasteiger partial charge >= 0.3 is 0 Å². The van der Waals surface area contributed by atoms with Crippen molar-refractivity contribution in [2.45, 2.75) is 6.92 Å². The number of rotatable bonds is 2. The molecule has 3 heterocycles. The van der Waals surface area contributed by atoms with E-state index in [1.807, 2.05) is 26.4 Å². The number of anilines is 1. The second-order valence-corrected chi connectivity index (χ2v) is 4.80. The van der Waals surface area contributed by atoms with Crippen LogP contribution in [0.15, 0.2) is 18.5 Å². The molecular weight excluding hydrogens is 240 g/mol. The van der Waals surface area contributed by atoms with Crippen molar-refractivity contribution in [1.29, 1.82) is 0 Å². The molecule has 19 heavy (non-hydrogen) atoms. The number of aryl methyl sites for hydroxylation is 2. The van der Waals surface area contributed by atoms with Crippen molar-refractivity contribution in [1.82, 2.24) is 25.1 Å². The first-order valence-corrected chi connectivity index (χ1v) is 6.53. The van der Waals surface area contributed by atoms with Gasteiger partial charge in [-0.1, -0.05) is 0 Å². The first-order valence-electron chi connectivity index (χ1n) is 6.53. The van der Waals surface area contributed by atoms with E-state index in [1.165, 1.54) is 0 Å². The minimum Gasteiger partial charge on any atom is -0.354 e. The molecule has 0 bridgehead atoms. The van der Waals surface area contributed by atoms with Crippen LogP contribution in [0.2, 0.25) is 0 Å². The van der Waals surface area contributed by atoms with Crippen LogP contribution >= 0.6 is 0 Å². The Kier molecular flexibility index (Phi) is 3.16. The first kappa shape index (κ1) is 12.1. The lowest BCUT2D eigenvalue weighted by atomic mass is 10.2. The summed E-state index contributed by atoms with van der Waals surface area (Å²) in [4.78, 5) is 11.4. The normalized spacial score (nSPS) is 15.8. The van der Waals surface area contributed by atoms with Crippen molar-refractivity contribution in [3.05, 3.63) is 24.3 Å². The highest BCUT2D eigenvalue weighted by molar-refractivity contribution is 5.61.